The van der Waals surface area contributed by atoms with E-state index >= 15 is 0 Å². The summed E-state index contributed by atoms with van der Waals surface area (Å²) in [5.74, 6) is 4.78. The molecule has 0 saturated heterocycles. The molecule has 4 unspecified atom stereocenters. The van der Waals surface area contributed by atoms with E-state index in [-0.39, 0.29) is 0 Å². The van der Waals surface area contributed by atoms with Crippen LogP contribution in [-0.2, 0) is 12.8 Å². The summed E-state index contributed by atoms with van der Waals surface area (Å²) in [5, 5.41) is 0. The minimum absolute atomic E-state index is 0.359. The molecule has 4 atom stereocenters. The zero-order chi connectivity index (χ0) is 29.2. The van der Waals surface area contributed by atoms with Crippen LogP contribution in [-0.4, -0.2) is 0 Å². The molecular formula is C39H56F2. The molecule has 3 aliphatic rings. The number of benzene rings is 2. The number of rotatable bonds is 8. The summed E-state index contributed by atoms with van der Waals surface area (Å²) in [6.07, 6.45) is 24.3. The molecular weight excluding hydrogens is 506 g/mol. The lowest BCUT2D eigenvalue weighted by atomic mass is 9.60. The second kappa shape index (κ2) is 16.0. The van der Waals surface area contributed by atoms with Crippen LogP contribution in [0.25, 0.3) is 0 Å². The molecule has 0 aromatic heterocycles. The predicted molar refractivity (Wildman–Crippen MR) is 171 cm³/mol. The van der Waals surface area contributed by atoms with Crippen LogP contribution in [0.5, 0.6) is 0 Å². The molecule has 3 saturated carbocycles. The van der Waals surface area contributed by atoms with E-state index in [1.54, 1.807) is 56.7 Å². The summed E-state index contributed by atoms with van der Waals surface area (Å²) in [5.41, 5.74) is 3.95. The van der Waals surface area contributed by atoms with E-state index in [0.29, 0.717) is 17.5 Å². The Morgan fingerprint density at radius 2 is 1.34 bits per heavy atom. The normalized spacial score (nSPS) is 28.1. The number of fused-ring (bicyclic) bond motifs is 1. The molecule has 0 heterocycles. The van der Waals surface area contributed by atoms with Crippen LogP contribution in [0.3, 0.4) is 0 Å². The maximum absolute atomic E-state index is 13.3. The van der Waals surface area contributed by atoms with E-state index in [9.17, 15) is 8.78 Å². The summed E-state index contributed by atoms with van der Waals surface area (Å²) >= 11 is 0. The summed E-state index contributed by atoms with van der Waals surface area (Å²) in [6.45, 7) is 8.16. The van der Waals surface area contributed by atoms with Crippen molar-refractivity contribution in [1.29, 1.82) is 0 Å². The van der Waals surface area contributed by atoms with Gasteiger partial charge >= 0.3 is 0 Å². The molecule has 3 aliphatic carbocycles. The molecule has 2 aromatic rings. The molecule has 0 bridgehead atoms. The van der Waals surface area contributed by atoms with Gasteiger partial charge in [0.05, 0.1) is 0 Å². The zero-order valence-corrected chi connectivity index (χ0v) is 26.4. The second-order valence-electron chi connectivity index (χ2n) is 13.6. The Hall–Kier alpha value is -1.96. The molecule has 5 rings (SSSR count). The van der Waals surface area contributed by atoms with Crippen molar-refractivity contribution >= 4 is 0 Å². The third-order valence-corrected chi connectivity index (χ3v) is 10.9. The lowest BCUT2D eigenvalue weighted by Crippen LogP contribution is -2.34. The number of halogens is 2. The van der Waals surface area contributed by atoms with Gasteiger partial charge in [-0.1, -0.05) is 81.7 Å². The molecule has 0 aliphatic heterocycles. The van der Waals surface area contributed by atoms with Crippen LogP contribution in [0, 0.1) is 48.1 Å². The van der Waals surface area contributed by atoms with Gasteiger partial charge in [0.15, 0.2) is 11.6 Å². The van der Waals surface area contributed by atoms with Gasteiger partial charge in [-0.15, -0.1) is 0 Å². The van der Waals surface area contributed by atoms with Crippen LogP contribution in [0.15, 0.2) is 48.6 Å². The van der Waals surface area contributed by atoms with Crippen molar-refractivity contribution in [2.24, 2.45) is 29.6 Å². The molecule has 0 nitrogen and oxygen atoms in total. The van der Waals surface area contributed by atoms with Crippen molar-refractivity contribution in [2.45, 2.75) is 130 Å². The van der Waals surface area contributed by atoms with Gasteiger partial charge in [0, 0.05) is 0 Å². The largest absolute Gasteiger partial charge is 0.203 e. The summed E-state index contributed by atoms with van der Waals surface area (Å²) < 4.78 is 26.4. The molecule has 0 spiro atoms. The van der Waals surface area contributed by atoms with Gasteiger partial charge in [-0.25, -0.2) is 8.78 Å². The fourth-order valence-electron chi connectivity index (χ4n) is 8.28. The molecule has 0 amide bonds. The van der Waals surface area contributed by atoms with Gasteiger partial charge < -0.3 is 0 Å². The van der Waals surface area contributed by atoms with E-state index in [1.165, 1.54) is 56.9 Å². The maximum Gasteiger partial charge on any atom is 0.162 e. The van der Waals surface area contributed by atoms with Crippen molar-refractivity contribution in [3.05, 3.63) is 82.4 Å². The molecule has 41 heavy (non-hydrogen) atoms. The van der Waals surface area contributed by atoms with Crippen LogP contribution >= 0.6 is 0 Å². The van der Waals surface area contributed by atoms with E-state index in [1.807, 2.05) is 19.1 Å². The quantitative estimate of drug-likeness (QED) is 0.281. The van der Waals surface area contributed by atoms with Gasteiger partial charge in [-0.3, -0.25) is 0 Å². The number of allylic oxidation sites excluding steroid dienone is 2. The Kier molecular flexibility index (Phi) is 12.5. The fraction of sp³-hybridized carbons (Fsp3) is 0.641. The Morgan fingerprint density at radius 3 is 2.00 bits per heavy atom. The van der Waals surface area contributed by atoms with Crippen LogP contribution in [0.1, 0.15) is 132 Å². The van der Waals surface area contributed by atoms with E-state index in [0.717, 1.165) is 41.9 Å². The second-order valence-corrected chi connectivity index (χ2v) is 13.6. The Bertz CT molecular complexity index is 1080. The highest BCUT2D eigenvalue weighted by molar-refractivity contribution is 5.26. The molecule has 2 heteroatoms. The first-order valence-corrected chi connectivity index (χ1v) is 17.1. The van der Waals surface area contributed by atoms with E-state index in [4.69, 9.17) is 0 Å². The van der Waals surface area contributed by atoms with Gasteiger partial charge in [0.1, 0.15) is 0 Å². The molecule has 3 fully saturated rings. The Labute approximate surface area is 250 Å². The first-order valence-electron chi connectivity index (χ1n) is 17.1. The van der Waals surface area contributed by atoms with Crippen LogP contribution < -0.4 is 0 Å². The van der Waals surface area contributed by atoms with E-state index in [2.05, 4.69) is 38.1 Å². The predicted octanol–water partition coefficient (Wildman–Crippen LogP) is 11.9. The first-order chi connectivity index (χ1) is 19.9. The smallest absolute Gasteiger partial charge is 0.162 e. The van der Waals surface area contributed by atoms with Crippen molar-refractivity contribution in [3.63, 3.8) is 0 Å². The van der Waals surface area contributed by atoms with Gasteiger partial charge in [0.2, 0.25) is 0 Å². The summed E-state index contributed by atoms with van der Waals surface area (Å²) in [7, 11) is 0. The Balaban J connectivity index is 0.000000234. The topological polar surface area (TPSA) is 0 Å². The monoisotopic (exact) mass is 562 g/mol. The zero-order valence-electron chi connectivity index (χ0n) is 26.4. The number of hydrogen-bond acceptors (Lipinski definition) is 0. The third-order valence-electron chi connectivity index (χ3n) is 10.9. The molecule has 0 N–H and O–H groups in total. The van der Waals surface area contributed by atoms with Gasteiger partial charge in [-0.05, 0) is 149 Å². The van der Waals surface area contributed by atoms with Crippen molar-refractivity contribution in [2.75, 3.05) is 0 Å². The molecule has 226 valence electrons. The van der Waals surface area contributed by atoms with Crippen LogP contribution in [0.4, 0.5) is 8.78 Å². The lowest BCUT2D eigenvalue weighted by Gasteiger charge is -2.45. The van der Waals surface area contributed by atoms with Gasteiger partial charge in [0.25, 0.3) is 0 Å². The van der Waals surface area contributed by atoms with Crippen molar-refractivity contribution in [1.82, 2.24) is 0 Å². The Morgan fingerprint density at radius 1 is 0.707 bits per heavy atom. The molecule has 2 aromatic carbocycles. The average Bonchev–Trinajstić information content (AvgIpc) is 3.01. The van der Waals surface area contributed by atoms with Crippen molar-refractivity contribution in [3.8, 4) is 0 Å². The maximum atomic E-state index is 13.3. The fourth-order valence-corrected chi connectivity index (χ4v) is 8.28. The van der Waals surface area contributed by atoms with Gasteiger partial charge in [-0.2, -0.15) is 0 Å². The average molecular weight is 563 g/mol. The third kappa shape index (κ3) is 8.77. The molecule has 0 radical (unpaired) electrons. The summed E-state index contributed by atoms with van der Waals surface area (Å²) in [6, 6.07) is 12.9. The van der Waals surface area contributed by atoms with Crippen LogP contribution in [0.2, 0.25) is 0 Å². The highest BCUT2D eigenvalue weighted by atomic mass is 19.2. The highest BCUT2D eigenvalue weighted by Crippen LogP contribution is 2.50. The van der Waals surface area contributed by atoms with Crippen molar-refractivity contribution < 1.29 is 8.78 Å². The minimum Gasteiger partial charge on any atom is -0.203 e. The summed E-state index contributed by atoms with van der Waals surface area (Å²) in [4.78, 5) is 0. The first kappa shape index (κ1) is 32.0. The number of hydrogen-bond donors (Lipinski definition) is 0. The minimum atomic E-state index is -0.719. The standard InChI is InChI=1S/C27H42.C12H14F2/c1-3-5-21-7-9-22(10-8-21)23-12-14-24(15-13-23)26-17-16-25-18-20(4-2)6-11-27(25)19-26;1-3-4-5-6-10-8-7-9(2)11(13)12(10)14/h7-10,20,23-27H,3-6,11-19H2,1-2H3;3-4,7-8H,5-6H2,1-2H3/b;4-3+. The van der Waals surface area contributed by atoms with E-state index < -0.39 is 11.6 Å². The number of aryl methyl sites for hydroxylation is 3. The SMILES string of the molecule is C/C=C/CCc1ccc(C)c(F)c1F.CCCc1ccc(C2CCC(C3CCC4CC(CC)CCC4C3)CC2)cc1. The highest BCUT2D eigenvalue weighted by Gasteiger charge is 2.38. The lowest BCUT2D eigenvalue weighted by molar-refractivity contribution is 0.0629.